The summed E-state index contributed by atoms with van der Waals surface area (Å²) >= 11 is 1.26. The van der Waals surface area contributed by atoms with Gasteiger partial charge in [0.25, 0.3) is 0 Å². The summed E-state index contributed by atoms with van der Waals surface area (Å²) in [6.07, 6.45) is -6.12. The number of nitrogens with one attached hydrogen (secondary N) is 1. The van der Waals surface area contributed by atoms with Gasteiger partial charge in [0.2, 0.25) is 12.0 Å². The van der Waals surface area contributed by atoms with Crippen LogP contribution in [0.15, 0.2) is 28.1 Å². The van der Waals surface area contributed by atoms with E-state index >= 15 is 0 Å². The first-order chi connectivity index (χ1) is 16.1. The molecule has 2 bridgehead atoms. The van der Waals surface area contributed by atoms with Gasteiger partial charge in [0.15, 0.2) is 5.58 Å². The van der Waals surface area contributed by atoms with Gasteiger partial charge in [-0.3, -0.25) is 9.69 Å². The van der Waals surface area contributed by atoms with Gasteiger partial charge in [0.1, 0.15) is 16.1 Å². The Kier molecular flexibility index (Phi) is 5.28. The van der Waals surface area contributed by atoms with E-state index in [9.17, 15) is 27.9 Å². The Labute approximate surface area is 194 Å². The van der Waals surface area contributed by atoms with E-state index in [0.29, 0.717) is 30.0 Å². The first-order valence-corrected chi connectivity index (χ1v) is 11.3. The fraction of sp³-hybridized carbons (Fsp3) is 0.429. The molecule has 4 heterocycles. The minimum atomic E-state index is -4.91. The monoisotopic (exact) mass is 496 g/mol. The maximum Gasteiger partial charge on any atom is 0.429 e. The molecule has 2 aliphatic heterocycles. The Morgan fingerprint density at radius 3 is 2.85 bits per heavy atom. The summed E-state index contributed by atoms with van der Waals surface area (Å²) in [6, 6.07) is 2.30. The van der Waals surface area contributed by atoms with E-state index in [4.69, 9.17) is 4.42 Å². The molecule has 3 unspecified atom stereocenters. The Hall–Kier alpha value is -3.19. The summed E-state index contributed by atoms with van der Waals surface area (Å²) in [5.74, 6) is -1.11. The van der Waals surface area contributed by atoms with Crippen molar-refractivity contribution >= 4 is 34.5 Å². The molecule has 0 radical (unpaired) electrons. The number of fused-ring (bicyclic) bond motifs is 3. The van der Waals surface area contributed by atoms with Crippen LogP contribution in [-0.2, 0) is 15.1 Å². The van der Waals surface area contributed by atoms with Crippen LogP contribution in [0.2, 0.25) is 0 Å². The molecule has 9 nitrogen and oxygen atoms in total. The second-order valence-electron chi connectivity index (χ2n) is 8.28. The van der Waals surface area contributed by atoms with Gasteiger partial charge in [0.05, 0.1) is 5.56 Å². The largest absolute Gasteiger partial charge is 0.465 e. The number of thiazole rings is 1. The smallest absolute Gasteiger partial charge is 0.429 e. The van der Waals surface area contributed by atoms with Crippen LogP contribution in [-0.4, -0.2) is 57.3 Å². The number of hydrogen-bond donors (Lipinski definition) is 2. The average molecular weight is 496 g/mol. The van der Waals surface area contributed by atoms with E-state index in [1.807, 2.05) is 0 Å². The number of oxazole rings is 1. The highest BCUT2D eigenvalue weighted by Crippen LogP contribution is 2.47. The quantitative estimate of drug-likeness (QED) is 0.520. The lowest BCUT2D eigenvalue weighted by Gasteiger charge is -2.41. The maximum absolute atomic E-state index is 13.9. The number of ether oxygens (including phenoxy) is 1. The summed E-state index contributed by atoms with van der Waals surface area (Å²) < 4.78 is 52.4. The van der Waals surface area contributed by atoms with Gasteiger partial charge in [-0.05, 0) is 18.9 Å². The van der Waals surface area contributed by atoms with Crippen molar-refractivity contribution in [2.75, 3.05) is 13.1 Å². The predicted octanol–water partition coefficient (Wildman–Crippen LogP) is 4.06. The van der Waals surface area contributed by atoms with Gasteiger partial charge in [-0.2, -0.15) is 13.2 Å². The molecule has 1 amide bonds. The van der Waals surface area contributed by atoms with Crippen LogP contribution in [0.3, 0.4) is 0 Å². The Morgan fingerprint density at radius 2 is 2.21 bits per heavy atom. The topological polar surface area (TPSA) is 118 Å². The highest BCUT2D eigenvalue weighted by molar-refractivity contribution is 7.13. The Bertz CT molecular complexity index is 1260. The summed E-state index contributed by atoms with van der Waals surface area (Å²) in [5.41, 5.74) is -1.28. The molecule has 0 spiro atoms. The predicted molar refractivity (Wildman–Crippen MR) is 113 cm³/mol. The Morgan fingerprint density at radius 1 is 1.41 bits per heavy atom. The highest BCUT2D eigenvalue weighted by atomic mass is 32.1. The second-order valence-corrected chi connectivity index (χ2v) is 9.17. The number of piperazine rings is 1. The van der Waals surface area contributed by atoms with Gasteiger partial charge in [-0.1, -0.05) is 6.07 Å². The van der Waals surface area contributed by atoms with Gasteiger partial charge in [0, 0.05) is 43.2 Å². The number of benzene rings is 1. The van der Waals surface area contributed by atoms with Crippen molar-refractivity contribution in [3.8, 4) is 10.6 Å². The molecule has 34 heavy (non-hydrogen) atoms. The number of amides is 1. The van der Waals surface area contributed by atoms with Crippen LogP contribution < -0.4 is 5.32 Å². The summed E-state index contributed by atoms with van der Waals surface area (Å²) in [5, 5.41) is 15.3. The molecule has 2 fully saturated rings. The molecular weight excluding hydrogens is 477 g/mol. The standard InChI is InChI=1S/C21H19F3N4O5S/c1-10(29)32-16(21(22,23)24)12-2-3-13(17-26-6-7-34-17)15-14(12)27-18(33-15)20-5-4-11(8-25-9-20)28(20)19(30)31/h2-3,6-7,11,16,25H,4-5,8-9H2,1H3,(H,30,31). The van der Waals surface area contributed by atoms with E-state index < -0.39 is 35.4 Å². The SMILES string of the molecule is CC(=O)OC(c1ccc(-c2nccs2)c2oc(C34CCC(CNC3)N4C(=O)O)nc12)C(F)(F)F. The normalized spacial score (nSPS) is 23.3. The van der Waals surface area contributed by atoms with E-state index in [1.54, 1.807) is 11.6 Å². The molecule has 2 aliphatic rings. The molecule has 2 saturated heterocycles. The fourth-order valence-electron chi connectivity index (χ4n) is 4.88. The zero-order valence-electron chi connectivity index (χ0n) is 17.8. The lowest BCUT2D eigenvalue weighted by atomic mass is 9.95. The van der Waals surface area contributed by atoms with Crippen LogP contribution in [0.1, 0.15) is 37.3 Å². The zero-order chi connectivity index (χ0) is 24.3. The molecule has 5 rings (SSSR count). The maximum atomic E-state index is 13.9. The molecule has 3 aromatic rings. The number of alkyl halides is 3. The molecule has 1 aromatic carbocycles. The van der Waals surface area contributed by atoms with Crippen LogP contribution in [0.25, 0.3) is 21.7 Å². The van der Waals surface area contributed by atoms with Gasteiger partial charge < -0.3 is 19.6 Å². The molecule has 180 valence electrons. The first kappa shape index (κ1) is 22.6. The number of carbonyl (C=O) groups excluding carboxylic acids is 1. The lowest BCUT2D eigenvalue weighted by molar-refractivity contribution is -0.222. The Balaban J connectivity index is 1.75. The molecule has 2 N–H and O–H groups in total. The van der Waals surface area contributed by atoms with E-state index in [2.05, 4.69) is 20.0 Å². The minimum absolute atomic E-state index is 0.00592. The number of hydrogen-bond acceptors (Lipinski definition) is 8. The molecule has 0 saturated carbocycles. The van der Waals surface area contributed by atoms with Crippen molar-refractivity contribution in [2.45, 2.75) is 43.6 Å². The van der Waals surface area contributed by atoms with Crippen LogP contribution in [0, 0.1) is 0 Å². The third-order valence-corrected chi connectivity index (χ3v) is 7.03. The molecule has 2 aromatic heterocycles. The molecular formula is C21H19F3N4O5S. The molecule has 3 atom stereocenters. The summed E-state index contributed by atoms with van der Waals surface area (Å²) in [7, 11) is 0. The van der Waals surface area contributed by atoms with Gasteiger partial charge in [-0.15, -0.1) is 11.3 Å². The summed E-state index contributed by atoms with van der Waals surface area (Å²) in [6.45, 7) is 1.56. The molecule has 0 aliphatic carbocycles. The lowest BCUT2D eigenvalue weighted by Crippen LogP contribution is -2.60. The number of carboxylic acid groups (broad SMARTS) is 1. The third kappa shape index (κ3) is 3.50. The highest BCUT2D eigenvalue weighted by Gasteiger charge is 2.56. The first-order valence-electron chi connectivity index (χ1n) is 10.4. The average Bonchev–Trinajstić information content (AvgIpc) is 3.48. The zero-order valence-corrected chi connectivity index (χ0v) is 18.6. The van der Waals surface area contributed by atoms with Gasteiger partial charge >= 0.3 is 18.2 Å². The van der Waals surface area contributed by atoms with Crippen molar-refractivity contribution in [2.24, 2.45) is 0 Å². The number of halogens is 3. The van der Waals surface area contributed by atoms with Gasteiger partial charge in [-0.25, -0.2) is 14.8 Å². The number of nitrogens with zero attached hydrogens (tertiary/aromatic N) is 3. The van der Waals surface area contributed by atoms with Crippen LogP contribution in [0.5, 0.6) is 0 Å². The van der Waals surface area contributed by atoms with Crippen LogP contribution >= 0.6 is 11.3 Å². The van der Waals surface area contributed by atoms with Crippen molar-refractivity contribution < 1.29 is 37.0 Å². The number of carbonyl (C=O) groups is 2. The summed E-state index contributed by atoms with van der Waals surface area (Å²) in [4.78, 5) is 33.5. The molecule has 13 heteroatoms. The van der Waals surface area contributed by atoms with Crippen molar-refractivity contribution in [3.05, 3.63) is 35.2 Å². The van der Waals surface area contributed by atoms with E-state index in [0.717, 1.165) is 6.92 Å². The fourth-order valence-corrected chi connectivity index (χ4v) is 5.54. The van der Waals surface area contributed by atoms with E-state index in [1.165, 1.54) is 28.4 Å². The van der Waals surface area contributed by atoms with Crippen molar-refractivity contribution in [3.63, 3.8) is 0 Å². The second kappa shape index (κ2) is 7.94. The van der Waals surface area contributed by atoms with E-state index in [-0.39, 0.29) is 29.6 Å². The number of aromatic nitrogens is 2. The third-order valence-electron chi connectivity index (χ3n) is 6.22. The van der Waals surface area contributed by atoms with Crippen molar-refractivity contribution in [1.82, 2.24) is 20.2 Å². The minimum Gasteiger partial charge on any atom is -0.465 e. The number of esters is 1. The number of rotatable bonds is 4. The van der Waals surface area contributed by atoms with Crippen molar-refractivity contribution in [1.29, 1.82) is 0 Å². The van der Waals surface area contributed by atoms with Crippen LogP contribution in [0.4, 0.5) is 18.0 Å².